The summed E-state index contributed by atoms with van der Waals surface area (Å²) in [7, 11) is 0. The number of aliphatic hydroxyl groups excluding tert-OH is 2. The van der Waals surface area contributed by atoms with Gasteiger partial charge in [-0.1, -0.05) is 53.6 Å². The Morgan fingerprint density at radius 1 is 0.938 bits per heavy atom. The van der Waals surface area contributed by atoms with Crippen molar-refractivity contribution < 1.29 is 43.5 Å². The second-order valence-electron chi connectivity index (χ2n) is 20.0. The number of carbonyl (C=O) groups is 3. The third-order valence-electron chi connectivity index (χ3n) is 14.8. The van der Waals surface area contributed by atoms with Crippen LogP contribution in [-0.2, 0) is 20.7 Å². The molecule has 8 aliphatic rings. The number of rotatable bonds is 16. The van der Waals surface area contributed by atoms with E-state index in [4.69, 9.17) is 23.9 Å². The number of hydrogen-bond donors (Lipinski definition) is 4. The van der Waals surface area contributed by atoms with E-state index in [0.29, 0.717) is 71.3 Å². The van der Waals surface area contributed by atoms with Crippen molar-refractivity contribution >= 4 is 35.0 Å². The molecule has 4 heterocycles. The molecule has 65 heavy (non-hydrogen) atoms. The zero-order chi connectivity index (χ0) is 46.2. The molecule has 7 unspecified atom stereocenters. The van der Waals surface area contributed by atoms with Crippen LogP contribution in [0.25, 0.3) is 11.8 Å². The van der Waals surface area contributed by atoms with Gasteiger partial charge >= 0.3 is 0 Å². The highest BCUT2D eigenvalue weighted by Crippen LogP contribution is 2.74. The Labute approximate surface area is 381 Å². The predicted molar refractivity (Wildman–Crippen MR) is 249 cm³/mol. The fourth-order valence-electron chi connectivity index (χ4n) is 11.9. The van der Waals surface area contributed by atoms with Crippen LogP contribution in [-0.4, -0.2) is 95.3 Å². The van der Waals surface area contributed by atoms with Gasteiger partial charge in [-0.25, -0.2) is 0 Å². The summed E-state index contributed by atoms with van der Waals surface area (Å²) in [6.45, 7) is 17.1. The quantitative estimate of drug-likeness (QED) is 0.0780. The molecule has 0 radical (unpaired) electrons. The van der Waals surface area contributed by atoms with Gasteiger partial charge in [-0.05, 0) is 93.2 Å². The summed E-state index contributed by atoms with van der Waals surface area (Å²) in [5, 5.41) is 25.0. The molecule has 4 bridgehead atoms. The number of aliphatic imine (C=N–C) groups is 1. The van der Waals surface area contributed by atoms with E-state index in [1.165, 1.54) is 5.57 Å². The Morgan fingerprint density at radius 2 is 1.68 bits per heavy atom. The number of Topliss-reactive ketones (excluding diaryl/α,β-unsaturated/α-hetero) is 2. The van der Waals surface area contributed by atoms with Crippen molar-refractivity contribution in [3.05, 3.63) is 98.7 Å². The molecule has 12 nitrogen and oxygen atoms in total. The van der Waals surface area contributed by atoms with Crippen molar-refractivity contribution in [3.8, 4) is 17.2 Å². The van der Waals surface area contributed by atoms with Gasteiger partial charge in [-0.15, -0.1) is 0 Å². The smallest absolute Gasteiger partial charge is 0.246 e. The summed E-state index contributed by atoms with van der Waals surface area (Å²) in [5.41, 5.74) is 3.74. The summed E-state index contributed by atoms with van der Waals surface area (Å²) in [6, 6.07) is 7.60. The van der Waals surface area contributed by atoms with Gasteiger partial charge < -0.3 is 39.8 Å². The summed E-state index contributed by atoms with van der Waals surface area (Å²) in [4.78, 5) is 49.6. The normalized spacial score (nSPS) is 29.1. The Kier molecular flexibility index (Phi) is 11.5. The van der Waals surface area contributed by atoms with Crippen molar-refractivity contribution in [3.63, 3.8) is 0 Å². The van der Waals surface area contributed by atoms with E-state index in [2.05, 4.69) is 69.6 Å². The number of nitrogens with zero attached hydrogens (tertiary/aromatic N) is 1. The van der Waals surface area contributed by atoms with Gasteiger partial charge in [-0.2, -0.15) is 0 Å². The van der Waals surface area contributed by atoms with E-state index in [1.54, 1.807) is 13.0 Å². The van der Waals surface area contributed by atoms with Gasteiger partial charge in [0.05, 0.1) is 47.3 Å². The molecule has 4 aliphatic heterocycles. The molecule has 4 N–H and O–H groups in total. The summed E-state index contributed by atoms with van der Waals surface area (Å²) in [6.07, 6.45) is 12.8. The van der Waals surface area contributed by atoms with Crippen molar-refractivity contribution in [1.82, 2.24) is 10.6 Å². The number of amides is 1. The van der Waals surface area contributed by atoms with Crippen LogP contribution < -0.4 is 24.8 Å². The van der Waals surface area contributed by atoms with Gasteiger partial charge in [0.1, 0.15) is 29.5 Å². The molecule has 7 atom stereocenters. The fraction of sp³-hybridized carbons (Fsp3) is 0.509. The molecule has 2 aromatic rings. The Balaban J connectivity index is 1.35. The number of nitrogens with one attached hydrogen (secondary N) is 2. The highest BCUT2D eigenvalue weighted by molar-refractivity contribution is 6.31. The zero-order valence-electron chi connectivity index (χ0n) is 39.0. The molecule has 2 aromatic carbocycles. The lowest BCUT2D eigenvalue weighted by Crippen LogP contribution is -2.75. The first-order valence-electron chi connectivity index (χ1n) is 23.3. The third kappa shape index (κ3) is 6.92. The van der Waals surface area contributed by atoms with E-state index in [9.17, 15) is 19.8 Å². The molecule has 12 heteroatoms. The lowest BCUT2D eigenvalue weighted by Gasteiger charge is -2.62. The first-order valence-corrected chi connectivity index (χ1v) is 23.3. The SMILES string of the molecule is CC(C)=CCCC1(C)C=Cc2c(c(CC=C(C)C)c3c(c2OCCNCCO)C2=C4C(C5CC6C(C)(C)OC(C/C=C(/C)C(=O)NCCO)(C5=O)C46O3)C3C(=O)c4ccccc4C3=N2)O1. The van der Waals surface area contributed by atoms with Gasteiger partial charge in [0.25, 0.3) is 0 Å². The van der Waals surface area contributed by atoms with Crippen LogP contribution in [0.1, 0.15) is 114 Å². The fourth-order valence-corrected chi connectivity index (χ4v) is 11.9. The number of allylic oxidation sites excluding steroid dienone is 4. The molecule has 1 saturated heterocycles. The molecule has 0 aromatic heterocycles. The Morgan fingerprint density at radius 3 is 2.40 bits per heavy atom. The van der Waals surface area contributed by atoms with Gasteiger partial charge in [0, 0.05) is 71.6 Å². The van der Waals surface area contributed by atoms with E-state index < -0.39 is 40.2 Å². The standard InChI is InChI=1S/C53H63N3O9/c1-29(2)12-11-19-51(8)20-18-35-45(63-51)34(16-15-30(3)4)47-40(46(35)62-27-24-54-22-25-57)43-41-38(39-42(56-43)32-13-9-10-14-33(32)44(39)59)36-28-37-50(6,7)65-52(48(36)60,53(37,41)64-47)21-17-31(5)49(61)55-23-26-58/h9-10,12-15,17-18,20,36-39,54,57-58H,11,16,19,21-28H2,1-8H3,(H,55,61)/b31-17-. The minimum absolute atomic E-state index is 0.0125. The minimum atomic E-state index is -1.60. The maximum absolute atomic E-state index is 15.9. The Hall–Kier alpha value is -5.14. The molecule has 4 fully saturated rings. The average Bonchev–Trinajstić information content (AvgIpc) is 3.63. The van der Waals surface area contributed by atoms with Crippen LogP contribution >= 0.6 is 0 Å². The number of ether oxygens (including phenoxy) is 4. The lowest BCUT2D eigenvalue weighted by atomic mass is 9.43. The van der Waals surface area contributed by atoms with E-state index in [-0.39, 0.29) is 56.2 Å². The second-order valence-corrected chi connectivity index (χ2v) is 20.0. The third-order valence-corrected chi connectivity index (χ3v) is 14.8. The van der Waals surface area contributed by atoms with Gasteiger partial charge in [-0.3, -0.25) is 19.4 Å². The van der Waals surface area contributed by atoms with Crippen LogP contribution in [0, 0.1) is 23.7 Å². The molecule has 4 aliphatic carbocycles. The first-order chi connectivity index (χ1) is 31.0. The zero-order valence-corrected chi connectivity index (χ0v) is 39.0. The second kappa shape index (κ2) is 16.6. The maximum atomic E-state index is 15.9. The average molecular weight is 886 g/mol. The highest BCUT2D eigenvalue weighted by Gasteiger charge is 2.84. The van der Waals surface area contributed by atoms with Crippen LogP contribution in [0.3, 0.4) is 0 Å². The molecule has 3 saturated carbocycles. The number of ketones is 2. The molecule has 1 amide bonds. The van der Waals surface area contributed by atoms with Crippen LogP contribution in [0.2, 0.25) is 0 Å². The van der Waals surface area contributed by atoms with E-state index >= 15 is 4.79 Å². The largest absolute Gasteiger partial charge is 0.491 e. The molecular weight excluding hydrogens is 823 g/mol. The van der Waals surface area contributed by atoms with Crippen molar-refractivity contribution in [2.75, 3.05) is 39.5 Å². The monoisotopic (exact) mass is 885 g/mol. The minimum Gasteiger partial charge on any atom is -0.491 e. The number of carbonyl (C=O) groups excluding carboxylic acids is 3. The lowest BCUT2D eigenvalue weighted by molar-refractivity contribution is -0.182. The summed E-state index contributed by atoms with van der Waals surface area (Å²) in [5.74, 6) is -1.11. The number of aliphatic hydroxyl groups is 2. The highest BCUT2D eigenvalue weighted by atomic mass is 16.6. The number of benzene rings is 2. The van der Waals surface area contributed by atoms with E-state index in [1.807, 2.05) is 38.1 Å². The van der Waals surface area contributed by atoms with Gasteiger partial charge in [0.15, 0.2) is 22.8 Å². The number of fused-ring (bicyclic) bond motifs is 6. The number of hydrogen-bond acceptors (Lipinski definition) is 11. The molecule has 10 rings (SSSR count). The van der Waals surface area contributed by atoms with Crippen molar-refractivity contribution in [1.29, 1.82) is 0 Å². The molecular formula is C53H63N3O9. The van der Waals surface area contributed by atoms with Crippen molar-refractivity contribution in [2.24, 2.45) is 28.7 Å². The molecule has 1 spiro atoms. The Bertz CT molecular complexity index is 2550. The van der Waals surface area contributed by atoms with Crippen LogP contribution in [0.15, 0.2) is 75.9 Å². The van der Waals surface area contributed by atoms with Crippen LogP contribution in [0.5, 0.6) is 17.2 Å². The topological polar surface area (TPSA) is 165 Å². The first kappa shape index (κ1) is 45.0. The molecule has 344 valence electrons. The maximum Gasteiger partial charge on any atom is 0.246 e. The van der Waals surface area contributed by atoms with E-state index in [0.717, 1.165) is 40.7 Å². The predicted octanol–water partition coefficient (Wildman–Crippen LogP) is 7.05. The van der Waals surface area contributed by atoms with Gasteiger partial charge in [0.2, 0.25) is 5.91 Å². The summed E-state index contributed by atoms with van der Waals surface area (Å²) < 4.78 is 29.4. The van der Waals surface area contributed by atoms with Crippen molar-refractivity contribution in [2.45, 2.75) is 110 Å². The van der Waals surface area contributed by atoms with Crippen LogP contribution in [0.4, 0.5) is 0 Å². The summed E-state index contributed by atoms with van der Waals surface area (Å²) >= 11 is 0.